The van der Waals surface area contributed by atoms with E-state index in [0.29, 0.717) is 11.3 Å². The van der Waals surface area contributed by atoms with Gasteiger partial charge < -0.3 is 4.40 Å². The van der Waals surface area contributed by atoms with Gasteiger partial charge in [-0.1, -0.05) is 26.3 Å². The minimum Gasteiger partial charge on any atom is -0.307 e. The van der Waals surface area contributed by atoms with Crippen LogP contribution in [0.2, 0.25) is 0 Å². The van der Waals surface area contributed by atoms with Crippen molar-refractivity contribution in [1.29, 1.82) is 0 Å². The van der Waals surface area contributed by atoms with E-state index in [1.54, 1.807) is 0 Å². The first-order valence-electron chi connectivity index (χ1n) is 12.1. The third kappa shape index (κ3) is 2.48. The maximum atomic E-state index is 5.07. The van der Waals surface area contributed by atoms with Gasteiger partial charge in [0.05, 0.1) is 5.69 Å². The molecule has 2 aromatic rings. The Balaban J connectivity index is 1.29. The van der Waals surface area contributed by atoms with Crippen LogP contribution in [0.3, 0.4) is 0 Å². The Morgan fingerprint density at radius 3 is 2.75 bits per heavy atom. The number of rotatable bonds is 1. The number of hydrogen-bond acceptors (Lipinski definition) is 1. The molecule has 0 saturated heterocycles. The molecule has 8 atom stereocenters. The van der Waals surface area contributed by atoms with E-state index in [0.717, 1.165) is 41.2 Å². The SMILES string of the molecule is C[C@H]1CC[C@H]2C(CCC3C2CC[C@@]2(C)C3CC[C@@H]2c2cn3ccccc3n2)C1. The van der Waals surface area contributed by atoms with Crippen molar-refractivity contribution in [3.05, 3.63) is 36.3 Å². The number of imidazole rings is 1. The summed E-state index contributed by atoms with van der Waals surface area (Å²) in [5, 5.41) is 0. The van der Waals surface area contributed by atoms with Gasteiger partial charge in [0.15, 0.2) is 0 Å². The van der Waals surface area contributed by atoms with Gasteiger partial charge in [0, 0.05) is 18.3 Å². The molecule has 28 heavy (non-hydrogen) atoms. The van der Waals surface area contributed by atoms with Gasteiger partial charge >= 0.3 is 0 Å². The van der Waals surface area contributed by atoms with Crippen LogP contribution in [0.25, 0.3) is 5.65 Å². The lowest BCUT2D eigenvalue weighted by atomic mass is 9.49. The first-order valence-corrected chi connectivity index (χ1v) is 12.1. The highest BCUT2D eigenvalue weighted by molar-refractivity contribution is 5.40. The summed E-state index contributed by atoms with van der Waals surface area (Å²) < 4.78 is 2.23. The monoisotopic (exact) mass is 376 g/mol. The van der Waals surface area contributed by atoms with Crippen LogP contribution in [0, 0.1) is 40.9 Å². The van der Waals surface area contributed by atoms with Gasteiger partial charge in [-0.15, -0.1) is 0 Å². The van der Waals surface area contributed by atoms with Gasteiger partial charge in [0.2, 0.25) is 0 Å². The summed E-state index contributed by atoms with van der Waals surface area (Å²) >= 11 is 0. The first kappa shape index (κ1) is 17.5. The second-order valence-electron chi connectivity index (χ2n) is 11.2. The Morgan fingerprint density at radius 2 is 1.86 bits per heavy atom. The van der Waals surface area contributed by atoms with Gasteiger partial charge in [-0.3, -0.25) is 0 Å². The van der Waals surface area contributed by atoms with E-state index >= 15 is 0 Å². The molecule has 0 radical (unpaired) electrons. The van der Waals surface area contributed by atoms with Crippen LogP contribution in [-0.2, 0) is 0 Å². The number of pyridine rings is 1. The fourth-order valence-electron chi connectivity index (χ4n) is 8.70. The van der Waals surface area contributed by atoms with Gasteiger partial charge in [-0.2, -0.15) is 0 Å². The molecule has 6 rings (SSSR count). The van der Waals surface area contributed by atoms with Crippen molar-refractivity contribution >= 4 is 5.65 Å². The van der Waals surface area contributed by atoms with Crippen LogP contribution in [0.1, 0.15) is 83.2 Å². The van der Waals surface area contributed by atoms with Crippen molar-refractivity contribution in [2.75, 3.05) is 0 Å². The molecule has 150 valence electrons. The lowest BCUT2D eigenvalue weighted by Gasteiger charge is -2.56. The lowest BCUT2D eigenvalue weighted by Crippen LogP contribution is -2.48. The summed E-state index contributed by atoms with van der Waals surface area (Å²) in [6, 6.07) is 6.38. The van der Waals surface area contributed by atoms with Crippen LogP contribution in [0.15, 0.2) is 30.6 Å². The second kappa shape index (κ2) is 6.34. The smallest absolute Gasteiger partial charge is 0.136 e. The predicted molar refractivity (Wildman–Crippen MR) is 114 cm³/mol. The first-order chi connectivity index (χ1) is 13.6. The highest BCUT2D eigenvalue weighted by atomic mass is 15.0. The van der Waals surface area contributed by atoms with Crippen molar-refractivity contribution in [1.82, 2.24) is 9.38 Å². The normalized spacial score (nSPS) is 45.4. The van der Waals surface area contributed by atoms with Crippen molar-refractivity contribution in [3.63, 3.8) is 0 Å². The summed E-state index contributed by atoms with van der Waals surface area (Å²) in [6.07, 6.45) is 17.8. The molecule has 0 N–H and O–H groups in total. The molecule has 4 aliphatic carbocycles. The number of hydrogen-bond donors (Lipinski definition) is 0. The quantitative estimate of drug-likeness (QED) is 0.541. The number of fused-ring (bicyclic) bond motifs is 6. The zero-order valence-corrected chi connectivity index (χ0v) is 17.7. The second-order valence-corrected chi connectivity index (χ2v) is 11.2. The molecule has 0 spiro atoms. The molecule has 4 fully saturated rings. The van der Waals surface area contributed by atoms with Crippen molar-refractivity contribution < 1.29 is 0 Å². The predicted octanol–water partition coefficient (Wildman–Crippen LogP) is 6.71. The van der Waals surface area contributed by atoms with E-state index in [4.69, 9.17) is 4.98 Å². The van der Waals surface area contributed by atoms with Gasteiger partial charge in [0.1, 0.15) is 5.65 Å². The van der Waals surface area contributed by atoms with E-state index in [1.165, 1.54) is 63.5 Å². The Labute approximate surface area is 170 Å². The fourth-order valence-corrected chi connectivity index (χ4v) is 8.70. The molecule has 2 heterocycles. The van der Waals surface area contributed by atoms with E-state index < -0.39 is 0 Å². The summed E-state index contributed by atoms with van der Waals surface area (Å²) in [4.78, 5) is 5.07. The molecule has 0 bridgehead atoms. The highest BCUT2D eigenvalue weighted by Gasteiger charge is 2.57. The van der Waals surface area contributed by atoms with Crippen LogP contribution in [0.4, 0.5) is 0 Å². The third-order valence-corrected chi connectivity index (χ3v) is 9.96. The van der Waals surface area contributed by atoms with Gasteiger partial charge in [0.25, 0.3) is 0 Å². The Kier molecular flexibility index (Phi) is 3.97. The maximum absolute atomic E-state index is 5.07. The molecule has 2 aromatic heterocycles. The van der Waals surface area contributed by atoms with E-state index in [9.17, 15) is 0 Å². The largest absolute Gasteiger partial charge is 0.307 e. The zero-order chi connectivity index (χ0) is 18.9. The van der Waals surface area contributed by atoms with Crippen LogP contribution in [-0.4, -0.2) is 9.38 Å². The summed E-state index contributed by atoms with van der Waals surface area (Å²) in [6.45, 7) is 5.14. The molecule has 0 aliphatic heterocycles. The standard InChI is InChI=1S/C26H36N2/c1-17-6-8-19-18(15-17)7-9-21-20(19)12-13-26(2)22(21)10-11-23(26)24-16-28-14-4-3-5-25(28)27-24/h3-5,14,16-23H,6-13,15H2,1-2H3/t17-,18?,19-,20?,21?,22?,23+,26-/m0/s1. The summed E-state index contributed by atoms with van der Waals surface area (Å²) in [5.41, 5.74) is 2.97. The van der Waals surface area contributed by atoms with Crippen LogP contribution >= 0.6 is 0 Å². The molecular weight excluding hydrogens is 340 g/mol. The minimum absolute atomic E-state index is 0.480. The topological polar surface area (TPSA) is 17.3 Å². The summed E-state index contributed by atoms with van der Waals surface area (Å²) in [5.74, 6) is 6.78. The number of aromatic nitrogens is 2. The average molecular weight is 377 g/mol. The molecule has 4 aliphatic rings. The Hall–Kier alpha value is -1.31. The molecule has 2 nitrogen and oxygen atoms in total. The van der Waals surface area contributed by atoms with E-state index in [-0.39, 0.29) is 0 Å². The molecule has 0 aromatic carbocycles. The molecule has 4 unspecified atom stereocenters. The van der Waals surface area contributed by atoms with E-state index in [2.05, 4.69) is 48.8 Å². The van der Waals surface area contributed by atoms with Gasteiger partial charge in [-0.25, -0.2) is 4.98 Å². The molecule has 2 heteroatoms. The van der Waals surface area contributed by atoms with Crippen LogP contribution in [0.5, 0.6) is 0 Å². The van der Waals surface area contributed by atoms with Crippen molar-refractivity contribution in [2.24, 2.45) is 40.9 Å². The van der Waals surface area contributed by atoms with Crippen molar-refractivity contribution in [2.45, 2.75) is 77.6 Å². The van der Waals surface area contributed by atoms with Gasteiger partial charge in [-0.05, 0) is 104 Å². The molecule has 0 amide bonds. The zero-order valence-electron chi connectivity index (χ0n) is 17.7. The highest BCUT2D eigenvalue weighted by Crippen LogP contribution is 2.66. The fraction of sp³-hybridized carbons (Fsp3) is 0.731. The van der Waals surface area contributed by atoms with E-state index in [1.807, 2.05) is 0 Å². The molecular formula is C26H36N2. The number of nitrogens with zero attached hydrogens (tertiary/aromatic N) is 2. The lowest BCUT2D eigenvalue weighted by molar-refractivity contribution is -0.0597. The van der Waals surface area contributed by atoms with Crippen LogP contribution < -0.4 is 0 Å². The maximum Gasteiger partial charge on any atom is 0.136 e. The average Bonchev–Trinajstić information content (AvgIpc) is 3.27. The van der Waals surface area contributed by atoms with Crippen molar-refractivity contribution in [3.8, 4) is 0 Å². The third-order valence-electron chi connectivity index (χ3n) is 9.96. The Bertz CT molecular complexity index is 835. The minimum atomic E-state index is 0.480. The Morgan fingerprint density at radius 1 is 0.964 bits per heavy atom. The summed E-state index contributed by atoms with van der Waals surface area (Å²) in [7, 11) is 0. The molecule has 4 saturated carbocycles.